The number of nitrogens with zero attached hydrogens (tertiary/aromatic N) is 1. The summed E-state index contributed by atoms with van der Waals surface area (Å²) < 4.78 is 5.58. The molecule has 4 heteroatoms. The van der Waals surface area contributed by atoms with Crippen molar-refractivity contribution in [2.75, 3.05) is 13.6 Å². The van der Waals surface area contributed by atoms with Gasteiger partial charge in [-0.15, -0.1) is 0 Å². The highest BCUT2D eigenvalue weighted by atomic mass is 16.5. The Kier molecular flexibility index (Phi) is 3.72. The molecule has 0 fully saturated rings. The van der Waals surface area contributed by atoms with Gasteiger partial charge in [-0.25, -0.2) is 0 Å². The number of ether oxygens (including phenoxy) is 1. The molecule has 2 heterocycles. The van der Waals surface area contributed by atoms with Crippen LogP contribution in [0.3, 0.4) is 0 Å². The zero-order valence-electron chi connectivity index (χ0n) is 14.5. The number of esters is 1. The predicted octanol–water partition coefficient (Wildman–Crippen LogP) is 3.38. The van der Waals surface area contributed by atoms with E-state index in [0.29, 0.717) is 6.04 Å². The molecule has 1 aromatic heterocycles. The topological polar surface area (TPSA) is 45.3 Å². The maximum atomic E-state index is 12.5. The highest BCUT2D eigenvalue weighted by Gasteiger charge is 2.36. The van der Waals surface area contributed by atoms with Gasteiger partial charge in [-0.05, 0) is 49.6 Å². The molecule has 0 amide bonds. The van der Waals surface area contributed by atoms with Gasteiger partial charge in [0.05, 0.1) is 12.0 Å². The molecule has 24 heavy (non-hydrogen) atoms. The molecule has 0 spiro atoms. The monoisotopic (exact) mass is 324 g/mol. The Balaban J connectivity index is 1.75. The van der Waals surface area contributed by atoms with Gasteiger partial charge in [0, 0.05) is 29.7 Å². The first-order valence-corrected chi connectivity index (χ1v) is 8.80. The second kappa shape index (κ2) is 5.78. The molecule has 3 unspecified atom stereocenters. The van der Waals surface area contributed by atoms with Crippen molar-refractivity contribution in [3.8, 4) is 0 Å². The number of H-pyrrole nitrogens is 1. The summed E-state index contributed by atoms with van der Waals surface area (Å²) >= 11 is 0. The molecule has 0 bridgehead atoms. The molecular weight excluding hydrogens is 300 g/mol. The van der Waals surface area contributed by atoms with Crippen molar-refractivity contribution in [1.29, 1.82) is 0 Å². The van der Waals surface area contributed by atoms with Crippen LogP contribution in [-0.4, -0.2) is 41.6 Å². The average Bonchev–Trinajstić information content (AvgIpc) is 3.00. The Labute approximate surface area is 142 Å². The molecule has 0 saturated carbocycles. The number of aromatic amines is 1. The quantitative estimate of drug-likeness (QED) is 0.880. The highest BCUT2D eigenvalue weighted by molar-refractivity contribution is 5.99. The van der Waals surface area contributed by atoms with Gasteiger partial charge in [-0.1, -0.05) is 25.1 Å². The zero-order valence-corrected chi connectivity index (χ0v) is 14.5. The van der Waals surface area contributed by atoms with E-state index in [2.05, 4.69) is 47.4 Å². The largest absolute Gasteiger partial charge is 0.462 e. The van der Waals surface area contributed by atoms with E-state index in [9.17, 15) is 4.79 Å². The van der Waals surface area contributed by atoms with E-state index in [-0.39, 0.29) is 18.0 Å². The lowest BCUT2D eigenvalue weighted by molar-refractivity contribution is -0.152. The van der Waals surface area contributed by atoms with Gasteiger partial charge >= 0.3 is 5.97 Å². The SMILES string of the molecule is CCC(C)OC(=O)C1C=C2c3cccc4[nH]cc(c34)CC2N(C)C1. The molecule has 0 saturated heterocycles. The smallest absolute Gasteiger partial charge is 0.314 e. The van der Waals surface area contributed by atoms with E-state index >= 15 is 0 Å². The summed E-state index contributed by atoms with van der Waals surface area (Å²) in [6.45, 7) is 4.71. The molecule has 1 N–H and O–H groups in total. The van der Waals surface area contributed by atoms with Crippen LogP contribution in [-0.2, 0) is 16.0 Å². The van der Waals surface area contributed by atoms with Gasteiger partial charge in [0.25, 0.3) is 0 Å². The minimum absolute atomic E-state index is 0.0232. The van der Waals surface area contributed by atoms with Crippen molar-refractivity contribution < 1.29 is 9.53 Å². The lowest BCUT2D eigenvalue weighted by atomic mass is 9.80. The Bertz CT molecular complexity index is 820. The van der Waals surface area contributed by atoms with Gasteiger partial charge in [-0.2, -0.15) is 0 Å². The van der Waals surface area contributed by atoms with Gasteiger partial charge in [0.2, 0.25) is 0 Å². The third-order valence-corrected chi connectivity index (χ3v) is 5.46. The first-order chi connectivity index (χ1) is 11.6. The van der Waals surface area contributed by atoms with Crippen LogP contribution in [0.25, 0.3) is 16.5 Å². The maximum absolute atomic E-state index is 12.5. The van der Waals surface area contributed by atoms with Gasteiger partial charge in [-0.3, -0.25) is 9.69 Å². The first-order valence-electron chi connectivity index (χ1n) is 8.80. The molecular formula is C20H24N2O2. The minimum atomic E-state index is -0.189. The van der Waals surface area contributed by atoms with Crippen molar-refractivity contribution in [3.05, 3.63) is 41.6 Å². The van der Waals surface area contributed by atoms with E-state index in [1.165, 1.54) is 27.6 Å². The molecule has 126 valence electrons. The summed E-state index contributed by atoms with van der Waals surface area (Å²) in [5.74, 6) is -0.291. The summed E-state index contributed by atoms with van der Waals surface area (Å²) in [4.78, 5) is 18.2. The Morgan fingerprint density at radius 1 is 1.46 bits per heavy atom. The van der Waals surface area contributed by atoms with Gasteiger partial charge < -0.3 is 9.72 Å². The standard InChI is InChI=1S/C20H24N2O2/c1-4-12(2)24-20(23)14-8-16-15-6-5-7-17-19(15)13(10-21-17)9-18(16)22(3)11-14/h5-8,10,12,14,18,21H,4,9,11H2,1-3H3. The molecule has 3 atom stereocenters. The number of fused-ring (bicyclic) bond motifs is 2. The molecule has 4 rings (SSSR count). The summed E-state index contributed by atoms with van der Waals surface area (Å²) in [7, 11) is 2.11. The average molecular weight is 324 g/mol. The molecule has 1 aromatic carbocycles. The number of hydrogen-bond donors (Lipinski definition) is 1. The normalized spacial score (nSPS) is 24.4. The lowest BCUT2D eigenvalue weighted by Crippen LogP contribution is -2.44. The molecule has 2 aliphatic rings. The number of rotatable bonds is 3. The van der Waals surface area contributed by atoms with Crippen molar-refractivity contribution >= 4 is 22.4 Å². The summed E-state index contributed by atoms with van der Waals surface area (Å²) in [5, 5.41) is 1.31. The van der Waals surface area contributed by atoms with E-state index in [0.717, 1.165) is 19.4 Å². The van der Waals surface area contributed by atoms with Crippen LogP contribution >= 0.6 is 0 Å². The Hall–Kier alpha value is -2.07. The van der Waals surface area contributed by atoms with Crippen LogP contribution < -0.4 is 0 Å². The lowest BCUT2D eigenvalue weighted by Gasteiger charge is -2.39. The third kappa shape index (κ3) is 2.37. The third-order valence-electron chi connectivity index (χ3n) is 5.46. The van der Waals surface area contributed by atoms with Gasteiger partial charge in [0.15, 0.2) is 0 Å². The second-order valence-electron chi connectivity index (χ2n) is 7.09. The fourth-order valence-electron chi connectivity index (χ4n) is 3.97. The first kappa shape index (κ1) is 15.5. The van der Waals surface area contributed by atoms with Crippen molar-refractivity contribution in [1.82, 2.24) is 9.88 Å². The number of hydrogen-bond acceptors (Lipinski definition) is 3. The van der Waals surface area contributed by atoms with Crippen molar-refractivity contribution in [2.45, 2.75) is 38.8 Å². The Morgan fingerprint density at radius 2 is 2.29 bits per heavy atom. The summed E-state index contributed by atoms with van der Waals surface area (Å²) in [6.07, 6.45) is 6.10. The van der Waals surface area contributed by atoms with Crippen LogP contribution in [0.5, 0.6) is 0 Å². The molecule has 4 nitrogen and oxygen atoms in total. The van der Waals surface area contributed by atoms with E-state index in [1.54, 1.807) is 0 Å². The van der Waals surface area contributed by atoms with Crippen LogP contribution in [0, 0.1) is 5.92 Å². The molecule has 1 aliphatic carbocycles. The van der Waals surface area contributed by atoms with Crippen LogP contribution in [0.4, 0.5) is 0 Å². The van der Waals surface area contributed by atoms with Gasteiger partial charge in [0.1, 0.15) is 0 Å². The number of aromatic nitrogens is 1. The molecule has 0 radical (unpaired) electrons. The fourth-order valence-corrected chi connectivity index (χ4v) is 3.97. The number of carbonyl (C=O) groups is 1. The van der Waals surface area contributed by atoms with Crippen molar-refractivity contribution in [3.63, 3.8) is 0 Å². The fraction of sp³-hybridized carbons (Fsp3) is 0.450. The van der Waals surface area contributed by atoms with E-state index < -0.39 is 0 Å². The van der Waals surface area contributed by atoms with Crippen molar-refractivity contribution in [2.24, 2.45) is 5.92 Å². The number of nitrogens with one attached hydrogen (secondary N) is 1. The Morgan fingerprint density at radius 3 is 3.08 bits per heavy atom. The minimum Gasteiger partial charge on any atom is -0.462 e. The van der Waals surface area contributed by atoms with Crippen LogP contribution in [0.2, 0.25) is 0 Å². The number of benzene rings is 1. The number of likely N-dealkylation sites (N-methyl/N-ethyl adjacent to an activating group) is 1. The predicted molar refractivity (Wildman–Crippen MR) is 95.7 cm³/mol. The van der Waals surface area contributed by atoms with E-state index in [1.807, 2.05) is 13.8 Å². The second-order valence-corrected chi connectivity index (χ2v) is 7.09. The van der Waals surface area contributed by atoms with Crippen LogP contribution in [0.15, 0.2) is 30.5 Å². The number of carbonyl (C=O) groups excluding carboxylic acids is 1. The van der Waals surface area contributed by atoms with Crippen LogP contribution in [0.1, 0.15) is 31.4 Å². The highest BCUT2D eigenvalue weighted by Crippen LogP contribution is 2.40. The zero-order chi connectivity index (χ0) is 16.8. The maximum Gasteiger partial charge on any atom is 0.314 e. The summed E-state index contributed by atoms with van der Waals surface area (Å²) in [5.41, 5.74) is 5.07. The molecule has 2 aromatic rings. The molecule has 1 aliphatic heterocycles. The van der Waals surface area contributed by atoms with E-state index in [4.69, 9.17) is 4.74 Å². The summed E-state index contributed by atoms with van der Waals surface area (Å²) in [6, 6.07) is 6.71.